The quantitative estimate of drug-likeness (QED) is 0.772. The van der Waals surface area contributed by atoms with Crippen LogP contribution in [0.1, 0.15) is 31.1 Å². The molecule has 0 aliphatic rings. The Morgan fingerprint density at radius 3 is 2.33 bits per heavy atom. The number of aryl methyl sites for hydroxylation is 1. The summed E-state index contributed by atoms with van der Waals surface area (Å²) in [6, 6.07) is 7.50. The summed E-state index contributed by atoms with van der Waals surface area (Å²) in [7, 11) is 0. The minimum Gasteiger partial charge on any atom is -0.460 e. The Labute approximate surface area is 89.7 Å². The molecular formula is C12H16O3. The molecule has 0 spiro atoms. The molecule has 82 valence electrons. The second-order valence-electron chi connectivity index (χ2n) is 3.67. The molecule has 1 unspecified atom stereocenters. The van der Waals surface area contributed by atoms with Gasteiger partial charge in [-0.25, -0.2) is 0 Å². The Bertz CT molecular complexity index is 329. The monoisotopic (exact) mass is 208 g/mol. The molecule has 0 bridgehead atoms. The predicted molar refractivity (Wildman–Crippen MR) is 57.4 cm³/mol. The number of esters is 1. The Morgan fingerprint density at radius 2 is 1.87 bits per heavy atom. The first-order valence-electron chi connectivity index (χ1n) is 4.92. The average molecular weight is 208 g/mol. The summed E-state index contributed by atoms with van der Waals surface area (Å²) in [5, 5.41) is 9.85. The number of benzene rings is 1. The van der Waals surface area contributed by atoms with Gasteiger partial charge in [-0.1, -0.05) is 29.8 Å². The average Bonchev–Trinajstić information content (AvgIpc) is 2.17. The molecule has 0 aromatic heterocycles. The van der Waals surface area contributed by atoms with Crippen molar-refractivity contribution >= 4 is 5.97 Å². The number of hydrogen-bond donors (Lipinski definition) is 1. The molecule has 3 nitrogen and oxygen atoms in total. The van der Waals surface area contributed by atoms with Gasteiger partial charge in [-0.3, -0.25) is 4.79 Å². The van der Waals surface area contributed by atoms with Gasteiger partial charge in [-0.05, 0) is 19.4 Å². The molecule has 1 aromatic carbocycles. The van der Waals surface area contributed by atoms with Gasteiger partial charge in [0.1, 0.15) is 12.2 Å². The first kappa shape index (κ1) is 11.7. The highest BCUT2D eigenvalue weighted by Gasteiger charge is 2.18. The third-order valence-electron chi connectivity index (χ3n) is 2.22. The van der Waals surface area contributed by atoms with Crippen LogP contribution in [0.15, 0.2) is 24.3 Å². The van der Waals surface area contributed by atoms with Crippen molar-refractivity contribution in [3.63, 3.8) is 0 Å². The van der Waals surface area contributed by atoms with Gasteiger partial charge in [0.25, 0.3) is 0 Å². The fraction of sp³-hybridized carbons (Fsp3) is 0.417. The van der Waals surface area contributed by atoms with E-state index >= 15 is 0 Å². The Balaban J connectivity index is 2.71. The van der Waals surface area contributed by atoms with Crippen LogP contribution in [0.4, 0.5) is 0 Å². The highest BCUT2D eigenvalue weighted by atomic mass is 16.6. The molecule has 0 saturated heterocycles. The molecule has 1 N–H and O–H groups in total. The van der Waals surface area contributed by atoms with Gasteiger partial charge in [-0.2, -0.15) is 0 Å². The highest BCUT2D eigenvalue weighted by Crippen LogP contribution is 2.19. The molecule has 15 heavy (non-hydrogen) atoms. The van der Waals surface area contributed by atoms with E-state index in [0.29, 0.717) is 0 Å². The SMILES string of the molecule is CC(=O)O[C@H](C)C(O)c1ccc(C)cc1. The number of hydrogen-bond acceptors (Lipinski definition) is 3. The van der Waals surface area contributed by atoms with Crippen molar-refractivity contribution in [2.24, 2.45) is 0 Å². The van der Waals surface area contributed by atoms with E-state index in [0.717, 1.165) is 11.1 Å². The second kappa shape index (κ2) is 4.94. The fourth-order valence-electron chi connectivity index (χ4n) is 1.36. The molecule has 0 amide bonds. The number of aliphatic hydroxyl groups excluding tert-OH is 1. The van der Waals surface area contributed by atoms with Gasteiger partial charge in [-0.15, -0.1) is 0 Å². The molecule has 0 saturated carbocycles. The van der Waals surface area contributed by atoms with Crippen LogP contribution < -0.4 is 0 Å². The third-order valence-corrected chi connectivity index (χ3v) is 2.22. The van der Waals surface area contributed by atoms with E-state index in [-0.39, 0.29) is 5.97 Å². The molecule has 0 fully saturated rings. The maximum atomic E-state index is 10.7. The minimum absolute atomic E-state index is 0.381. The van der Waals surface area contributed by atoms with Gasteiger partial charge in [0, 0.05) is 6.92 Å². The molecule has 1 aromatic rings. The van der Waals surface area contributed by atoms with Crippen molar-refractivity contribution in [3.05, 3.63) is 35.4 Å². The number of aliphatic hydroxyl groups is 1. The van der Waals surface area contributed by atoms with Crippen molar-refractivity contribution in [1.82, 2.24) is 0 Å². The van der Waals surface area contributed by atoms with Gasteiger partial charge in [0.05, 0.1) is 0 Å². The number of ether oxygens (including phenoxy) is 1. The fourth-order valence-corrected chi connectivity index (χ4v) is 1.36. The van der Waals surface area contributed by atoms with Crippen LogP contribution in [0.25, 0.3) is 0 Å². The normalized spacial score (nSPS) is 14.4. The Kier molecular flexibility index (Phi) is 3.86. The molecule has 0 radical (unpaired) electrons. The zero-order chi connectivity index (χ0) is 11.4. The molecule has 0 heterocycles. The van der Waals surface area contributed by atoms with Crippen molar-refractivity contribution in [1.29, 1.82) is 0 Å². The van der Waals surface area contributed by atoms with Crippen LogP contribution in [0, 0.1) is 6.92 Å². The summed E-state index contributed by atoms with van der Waals surface area (Å²) in [6.45, 7) is 4.98. The van der Waals surface area contributed by atoms with Crippen LogP contribution in [0.5, 0.6) is 0 Å². The molecule has 3 heteroatoms. The van der Waals surface area contributed by atoms with E-state index in [1.165, 1.54) is 6.92 Å². The maximum Gasteiger partial charge on any atom is 0.302 e. The van der Waals surface area contributed by atoms with Gasteiger partial charge < -0.3 is 9.84 Å². The summed E-state index contributed by atoms with van der Waals surface area (Å²) in [5.74, 6) is -0.381. The van der Waals surface area contributed by atoms with Crippen molar-refractivity contribution < 1.29 is 14.6 Å². The highest BCUT2D eigenvalue weighted by molar-refractivity contribution is 5.66. The minimum atomic E-state index is -0.769. The van der Waals surface area contributed by atoms with Crippen LogP contribution >= 0.6 is 0 Å². The summed E-state index contributed by atoms with van der Waals surface area (Å²) in [4.78, 5) is 10.7. The van der Waals surface area contributed by atoms with Crippen molar-refractivity contribution in [2.75, 3.05) is 0 Å². The summed E-state index contributed by atoms with van der Waals surface area (Å²) in [5.41, 5.74) is 1.89. The first-order chi connectivity index (χ1) is 7.00. The molecule has 0 aliphatic carbocycles. The summed E-state index contributed by atoms with van der Waals surface area (Å²) in [6.07, 6.45) is -1.29. The Hall–Kier alpha value is -1.35. The smallest absolute Gasteiger partial charge is 0.302 e. The van der Waals surface area contributed by atoms with Crippen LogP contribution in [0.3, 0.4) is 0 Å². The predicted octanol–water partition coefficient (Wildman–Crippen LogP) is 1.98. The topological polar surface area (TPSA) is 46.5 Å². The molecule has 1 rings (SSSR count). The van der Waals surface area contributed by atoms with E-state index in [4.69, 9.17) is 4.74 Å². The van der Waals surface area contributed by atoms with E-state index < -0.39 is 12.2 Å². The first-order valence-corrected chi connectivity index (χ1v) is 4.92. The number of rotatable bonds is 3. The maximum absolute atomic E-state index is 10.7. The lowest BCUT2D eigenvalue weighted by Crippen LogP contribution is -2.21. The largest absolute Gasteiger partial charge is 0.460 e. The van der Waals surface area contributed by atoms with Crippen molar-refractivity contribution in [3.8, 4) is 0 Å². The lowest BCUT2D eigenvalue weighted by atomic mass is 10.0. The standard InChI is InChI=1S/C12H16O3/c1-8-4-6-11(7-5-8)12(14)9(2)15-10(3)13/h4-7,9,12,14H,1-3H3/t9-,12?/m1/s1. The van der Waals surface area contributed by atoms with E-state index in [9.17, 15) is 9.90 Å². The summed E-state index contributed by atoms with van der Waals surface area (Å²) < 4.78 is 4.91. The van der Waals surface area contributed by atoms with E-state index in [1.54, 1.807) is 6.92 Å². The Morgan fingerprint density at radius 1 is 1.33 bits per heavy atom. The zero-order valence-electron chi connectivity index (χ0n) is 9.23. The van der Waals surface area contributed by atoms with E-state index in [2.05, 4.69) is 0 Å². The number of carbonyl (C=O) groups excluding carboxylic acids is 1. The molecule has 0 aliphatic heterocycles. The zero-order valence-corrected chi connectivity index (χ0v) is 9.23. The van der Waals surface area contributed by atoms with Crippen LogP contribution in [-0.2, 0) is 9.53 Å². The van der Waals surface area contributed by atoms with Gasteiger partial charge >= 0.3 is 5.97 Å². The van der Waals surface area contributed by atoms with Crippen LogP contribution in [-0.4, -0.2) is 17.2 Å². The van der Waals surface area contributed by atoms with Gasteiger partial charge in [0.2, 0.25) is 0 Å². The second-order valence-corrected chi connectivity index (χ2v) is 3.67. The third kappa shape index (κ3) is 3.36. The van der Waals surface area contributed by atoms with Crippen LogP contribution in [0.2, 0.25) is 0 Å². The van der Waals surface area contributed by atoms with Crippen molar-refractivity contribution in [2.45, 2.75) is 33.0 Å². The summed E-state index contributed by atoms with van der Waals surface area (Å²) >= 11 is 0. The van der Waals surface area contributed by atoms with E-state index in [1.807, 2.05) is 31.2 Å². The molecular weight excluding hydrogens is 192 g/mol. The molecule has 2 atom stereocenters. The van der Waals surface area contributed by atoms with Gasteiger partial charge in [0.15, 0.2) is 0 Å². The lowest BCUT2D eigenvalue weighted by Gasteiger charge is -2.18. The lowest BCUT2D eigenvalue weighted by molar-refractivity contribution is -0.151. The number of carbonyl (C=O) groups is 1.